The summed E-state index contributed by atoms with van der Waals surface area (Å²) in [5.74, 6) is 0. The van der Waals surface area contributed by atoms with Crippen molar-refractivity contribution in [1.82, 2.24) is 0 Å². The summed E-state index contributed by atoms with van der Waals surface area (Å²) >= 11 is 0. The minimum atomic E-state index is 0. The van der Waals surface area contributed by atoms with Crippen molar-refractivity contribution >= 4 is 0 Å². The maximum Gasteiger partial charge on any atom is 1.00 e. The second-order valence-corrected chi connectivity index (χ2v) is 0. The van der Waals surface area contributed by atoms with Gasteiger partial charge in [0.25, 0.3) is 0 Å². The van der Waals surface area contributed by atoms with Gasteiger partial charge in [0.05, 0.1) is 0 Å². The third-order valence-corrected chi connectivity index (χ3v) is 0. The van der Waals surface area contributed by atoms with E-state index in [4.69, 9.17) is 0 Å². The fourth-order valence-electron chi connectivity index (χ4n) is 0. The minimum Gasteiger partial charge on any atom is -0.358 e. The molecule has 0 atom stereocenters. The molecule has 0 heterocycles. The van der Waals surface area contributed by atoms with Gasteiger partial charge in [0.1, 0.15) is 0 Å². The van der Waals surface area contributed by atoms with Crippen LogP contribution >= 0.6 is 0 Å². The molecule has 0 unspecified atom stereocenters. The zero-order valence-corrected chi connectivity index (χ0v) is 28.8. The molecule has 59 valence electrons. The minimum absolute atomic E-state index is 0. The SMILES string of the molecule is [Ac].[CH3-].[CH3-].[CH3-].[CH3-].[CH3-].[CH3-].[CH3-].[K+].[K+].[K+].[K+]. The molecule has 0 aliphatic rings. The Kier molecular flexibility index (Phi) is 906. The van der Waals surface area contributed by atoms with E-state index in [0.717, 1.165) is 0 Å². The smallest absolute Gasteiger partial charge is 0.358 e. The van der Waals surface area contributed by atoms with Crippen molar-refractivity contribution < 1.29 is 250 Å². The Hall–Kier alpha value is 7.99. The van der Waals surface area contributed by atoms with E-state index in [0.29, 0.717) is 0 Å². The molecule has 5 heteroatoms. The van der Waals surface area contributed by atoms with E-state index in [9.17, 15) is 0 Å². The monoisotopic (exact) mass is 488 g/mol. The zero-order valence-electron chi connectivity index (χ0n) is 11.6. The van der Waals surface area contributed by atoms with E-state index < -0.39 is 0 Å². The molecule has 0 nitrogen and oxygen atoms in total. The van der Waals surface area contributed by atoms with E-state index in [1.165, 1.54) is 0 Å². The van der Waals surface area contributed by atoms with Crippen molar-refractivity contribution in [1.29, 1.82) is 0 Å². The Morgan fingerprint density at radius 2 is 0.250 bits per heavy atom. The summed E-state index contributed by atoms with van der Waals surface area (Å²) in [6, 6.07) is 0. The molecule has 0 rings (SSSR count). The first-order chi connectivity index (χ1) is 0. The molecular weight excluding hydrogens is 467 g/mol. The van der Waals surface area contributed by atoms with Gasteiger partial charge in [-0.3, -0.25) is 0 Å². The number of hydrogen-bond acceptors (Lipinski definition) is 0. The summed E-state index contributed by atoms with van der Waals surface area (Å²) in [5, 5.41) is 0. The van der Waals surface area contributed by atoms with Crippen LogP contribution in [0.1, 0.15) is 0 Å². The van der Waals surface area contributed by atoms with Crippen LogP contribution in [0.2, 0.25) is 0 Å². The maximum atomic E-state index is 0. The van der Waals surface area contributed by atoms with E-state index in [-0.39, 0.29) is 302 Å². The van der Waals surface area contributed by atoms with Crippen molar-refractivity contribution in [3.8, 4) is 0 Å². The first-order valence-corrected chi connectivity index (χ1v) is 0. The standard InChI is InChI=1S/7CH3.Ac.4K/h7*1H3;;;;;/q7*-1;;4*+1. The Balaban J connectivity index is 0. The largest absolute Gasteiger partial charge is 1.00 e. The molecule has 1 radical (unpaired) electrons. The fourth-order valence-corrected chi connectivity index (χ4v) is 0. The average molecular weight is 489 g/mol. The van der Waals surface area contributed by atoms with Gasteiger partial charge < -0.3 is 52.0 Å². The molecular formula is C7H21AcK4-3. The van der Waals surface area contributed by atoms with Crippen molar-refractivity contribution in [2.24, 2.45) is 0 Å². The van der Waals surface area contributed by atoms with E-state index in [1.807, 2.05) is 0 Å². The molecule has 0 aromatic carbocycles. The van der Waals surface area contributed by atoms with Crippen LogP contribution in [0, 0.1) is 96.0 Å². The molecule has 0 saturated heterocycles. The number of rotatable bonds is 0. The third kappa shape index (κ3) is 81.4. The van der Waals surface area contributed by atoms with E-state index >= 15 is 0 Å². The van der Waals surface area contributed by atoms with E-state index in [2.05, 4.69) is 0 Å². The molecule has 0 aromatic heterocycles. The first-order valence-electron chi connectivity index (χ1n) is 0. The van der Waals surface area contributed by atoms with Gasteiger partial charge in [-0.1, -0.05) is 0 Å². The van der Waals surface area contributed by atoms with Gasteiger partial charge in [-0.25, -0.2) is 0 Å². The van der Waals surface area contributed by atoms with Gasteiger partial charge >= 0.3 is 206 Å². The summed E-state index contributed by atoms with van der Waals surface area (Å²) < 4.78 is 0. The van der Waals surface area contributed by atoms with E-state index in [1.54, 1.807) is 0 Å². The predicted octanol–water partition coefficient (Wildman–Crippen LogP) is -8.83. The van der Waals surface area contributed by atoms with Gasteiger partial charge in [-0.15, -0.1) is 0 Å². The second kappa shape index (κ2) is 96.3. The molecule has 0 fully saturated rings. The van der Waals surface area contributed by atoms with Crippen LogP contribution < -0.4 is 206 Å². The normalized spacial score (nSPS) is 0. The summed E-state index contributed by atoms with van der Waals surface area (Å²) in [7, 11) is 0. The Morgan fingerprint density at radius 3 is 0.250 bits per heavy atom. The number of hydrogen-bond donors (Lipinski definition) is 0. The second-order valence-electron chi connectivity index (χ2n) is 0. The quantitative estimate of drug-likeness (QED) is 0.235. The van der Waals surface area contributed by atoms with Crippen LogP contribution in [0.15, 0.2) is 0 Å². The van der Waals surface area contributed by atoms with Crippen molar-refractivity contribution in [2.75, 3.05) is 0 Å². The summed E-state index contributed by atoms with van der Waals surface area (Å²) in [4.78, 5) is 0. The first kappa shape index (κ1) is 113. The van der Waals surface area contributed by atoms with Crippen LogP contribution in [0.5, 0.6) is 0 Å². The Morgan fingerprint density at radius 1 is 0.250 bits per heavy atom. The van der Waals surface area contributed by atoms with Gasteiger partial charge in [0.15, 0.2) is 0 Å². The molecule has 12 heavy (non-hydrogen) atoms. The van der Waals surface area contributed by atoms with Crippen LogP contribution in [0.4, 0.5) is 0 Å². The Labute approximate surface area is 291 Å². The van der Waals surface area contributed by atoms with Gasteiger partial charge in [-0.05, 0) is 0 Å². The van der Waals surface area contributed by atoms with Crippen molar-refractivity contribution in [2.45, 2.75) is 0 Å². The molecule has 0 aromatic rings. The van der Waals surface area contributed by atoms with Crippen LogP contribution in [0.3, 0.4) is 0 Å². The van der Waals surface area contributed by atoms with Crippen molar-refractivity contribution in [3.63, 3.8) is 0 Å². The Bertz CT molecular complexity index is 15.4. The molecule has 0 spiro atoms. The molecule has 0 aliphatic heterocycles. The molecule has 0 aliphatic carbocycles. The molecule has 0 saturated carbocycles. The maximum absolute atomic E-state index is 0. The third-order valence-electron chi connectivity index (χ3n) is 0. The summed E-state index contributed by atoms with van der Waals surface area (Å²) in [6.45, 7) is 0. The zero-order chi connectivity index (χ0) is 0. The molecule has 0 bridgehead atoms. The van der Waals surface area contributed by atoms with Crippen molar-refractivity contribution in [3.05, 3.63) is 52.0 Å². The molecule has 0 N–H and O–H groups in total. The van der Waals surface area contributed by atoms with Gasteiger partial charge in [-0.2, -0.15) is 0 Å². The summed E-state index contributed by atoms with van der Waals surface area (Å²) in [6.07, 6.45) is 0. The summed E-state index contributed by atoms with van der Waals surface area (Å²) in [5.41, 5.74) is 0. The predicted molar refractivity (Wildman–Crippen MR) is 44.9 cm³/mol. The van der Waals surface area contributed by atoms with Crippen LogP contribution in [-0.4, -0.2) is 0 Å². The van der Waals surface area contributed by atoms with Crippen LogP contribution in [-0.2, 0) is 0 Å². The van der Waals surface area contributed by atoms with Gasteiger partial charge in [0.2, 0.25) is 0 Å². The fraction of sp³-hybridized carbons (Fsp3) is 0. The average Bonchev–Trinajstić information content (AvgIpc) is 0. The molecule has 0 amide bonds. The van der Waals surface area contributed by atoms with Crippen LogP contribution in [0.25, 0.3) is 0 Å². The topological polar surface area (TPSA) is 0 Å². The van der Waals surface area contributed by atoms with Gasteiger partial charge in [0, 0.05) is 44.1 Å².